The number of carbonyl (C=O) groups is 1. The Kier molecular flexibility index (Phi) is 4.04. The second-order valence-electron chi connectivity index (χ2n) is 4.08. The zero-order valence-electron chi connectivity index (χ0n) is 10.2. The number of carbonyl (C=O) groups excluding carboxylic acids is 1. The van der Waals surface area contributed by atoms with Gasteiger partial charge < -0.3 is 5.32 Å². The molecule has 1 N–H and O–H groups in total. The van der Waals surface area contributed by atoms with Crippen LogP contribution in [0.1, 0.15) is 25.3 Å². The Balaban J connectivity index is 2.15. The van der Waals surface area contributed by atoms with E-state index >= 15 is 0 Å². The normalized spacial score (nSPS) is 17.4. The lowest BCUT2D eigenvalue weighted by atomic mass is 10.2. The third kappa shape index (κ3) is 2.73. The van der Waals surface area contributed by atoms with E-state index in [4.69, 9.17) is 12.2 Å². The molecule has 0 atom stereocenters. The van der Waals surface area contributed by atoms with Gasteiger partial charge in [-0.2, -0.15) is 0 Å². The van der Waals surface area contributed by atoms with Crippen molar-refractivity contribution in [1.82, 2.24) is 15.2 Å². The number of aromatic nitrogens is 1. The Morgan fingerprint density at radius 2 is 2.39 bits per heavy atom. The largest absolute Gasteiger partial charge is 0.328 e. The van der Waals surface area contributed by atoms with E-state index in [1.807, 2.05) is 12.1 Å². The smallest absolute Gasteiger partial charge is 0.276 e. The van der Waals surface area contributed by atoms with E-state index < -0.39 is 0 Å². The molecule has 5 heteroatoms. The van der Waals surface area contributed by atoms with Crippen molar-refractivity contribution in [3.05, 3.63) is 35.8 Å². The predicted octanol–water partition coefficient (Wildman–Crippen LogP) is 1.94. The van der Waals surface area contributed by atoms with Crippen LogP contribution in [0.5, 0.6) is 0 Å². The Hall–Kier alpha value is -1.75. The number of pyridine rings is 1. The molecule has 1 aromatic heterocycles. The number of unbranched alkanes of at least 4 members (excludes halogenated alkanes) is 1. The fourth-order valence-electron chi connectivity index (χ4n) is 1.72. The maximum Gasteiger partial charge on any atom is 0.276 e. The van der Waals surface area contributed by atoms with Gasteiger partial charge in [0.15, 0.2) is 5.11 Å². The molecule has 94 valence electrons. The van der Waals surface area contributed by atoms with E-state index in [0.717, 1.165) is 18.4 Å². The van der Waals surface area contributed by atoms with Crippen LogP contribution in [0.4, 0.5) is 0 Å². The molecule has 0 aliphatic carbocycles. The van der Waals surface area contributed by atoms with Gasteiger partial charge in [-0.15, -0.1) is 0 Å². The molecule has 0 saturated carbocycles. The number of hydrogen-bond acceptors (Lipinski definition) is 3. The third-order valence-corrected chi connectivity index (χ3v) is 3.02. The van der Waals surface area contributed by atoms with Gasteiger partial charge in [0.1, 0.15) is 5.70 Å². The average Bonchev–Trinajstić information content (AvgIpc) is 2.64. The van der Waals surface area contributed by atoms with E-state index in [-0.39, 0.29) is 5.91 Å². The van der Waals surface area contributed by atoms with E-state index in [9.17, 15) is 4.79 Å². The van der Waals surface area contributed by atoms with Crippen LogP contribution in [0.2, 0.25) is 0 Å². The highest BCUT2D eigenvalue weighted by atomic mass is 32.1. The summed E-state index contributed by atoms with van der Waals surface area (Å²) in [5.41, 5.74) is 1.40. The van der Waals surface area contributed by atoms with Gasteiger partial charge >= 0.3 is 0 Å². The monoisotopic (exact) mass is 261 g/mol. The van der Waals surface area contributed by atoms with Crippen LogP contribution in [-0.4, -0.2) is 27.4 Å². The summed E-state index contributed by atoms with van der Waals surface area (Å²) in [6.07, 6.45) is 7.17. The molecular weight excluding hydrogens is 246 g/mol. The first-order valence-corrected chi connectivity index (χ1v) is 6.37. The van der Waals surface area contributed by atoms with Crippen molar-refractivity contribution in [2.45, 2.75) is 19.8 Å². The van der Waals surface area contributed by atoms with Crippen molar-refractivity contribution in [2.75, 3.05) is 6.54 Å². The van der Waals surface area contributed by atoms with Crippen molar-refractivity contribution in [3.63, 3.8) is 0 Å². The van der Waals surface area contributed by atoms with Gasteiger partial charge in [-0.3, -0.25) is 14.7 Å². The highest BCUT2D eigenvalue weighted by Gasteiger charge is 2.29. The van der Waals surface area contributed by atoms with Crippen LogP contribution < -0.4 is 5.32 Å². The second kappa shape index (κ2) is 5.73. The maximum atomic E-state index is 12.1. The Morgan fingerprint density at radius 1 is 1.56 bits per heavy atom. The van der Waals surface area contributed by atoms with Crippen LogP contribution in [0.3, 0.4) is 0 Å². The molecule has 1 amide bonds. The van der Waals surface area contributed by atoms with Gasteiger partial charge in [-0.1, -0.05) is 19.4 Å². The fourth-order valence-corrected chi connectivity index (χ4v) is 2.00. The molecular formula is C13H15N3OS. The number of thiocarbonyl (C=S) groups is 1. The van der Waals surface area contributed by atoms with Crippen molar-refractivity contribution < 1.29 is 4.79 Å². The minimum Gasteiger partial charge on any atom is -0.328 e. The molecule has 1 aliphatic rings. The van der Waals surface area contributed by atoms with Crippen molar-refractivity contribution >= 4 is 29.3 Å². The average molecular weight is 261 g/mol. The van der Waals surface area contributed by atoms with Crippen LogP contribution in [0, 0.1) is 0 Å². The lowest BCUT2D eigenvalue weighted by Gasteiger charge is -2.12. The summed E-state index contributed by atoms with van der Waals surface area (Å²) in [5.74, 6) is -0.0581. The summed E-state index contributed by atoms with van der Waals surface area (Å²) < 4.78 is 0. The standard InChI is InChI=1S/C13H15N3OS/c1-2-3-7-16-12(17)11(15-13(16)18)8-10-5-4-6-14-9-10/h4-6,8-9H,2-3,7H2,1H3,(H,15,18)/b11-8+. The van der Waals surface area contributed by atoms with Gasteiger partial charge in [-0.25, -0.2) is 0 Å². The van der Waals surface area contributed by atoms with Gasteiger partial charge in [-0.05, 0) is 36.3 Å². The van der Waals surface area contributed by atoms with E-state index in [0.29, 0.717) is 17.4 Å². The van der Waals surface area contributed by atoms with E-state index in [2.05, 4.69) is 17.2 Å². The molecule has 0 spiro atoms. The molecule has 1 aliphatic heterocycles. The van der Waals surface area contributed by atoms with Gasteiger partial charge in [0, 0.05) is 18.9 Å². The molecule has 4 nitrogen and oxygen atoms in total. The highest BCUT2D eigenvalue weighted by molar-refractivity contribution is 7.80. The van der Waals surface area contributed by atoms with Gasteiger partial charge in [0.05, 0.1) is 0 Å². The minimum absolute atomic E-state index is 0.0581. The quantitative estimate of drug-likeness (QED) is 0.664. The van der Waals surface area contributed by atoms with Crippen molar-refractivity contribution in [1.29, 1.82) is 0 Å². The van der Waals surface area contributed by atoms with Crippen LogP contribution in [0.15, 0.2) is 30.2 Å². The molecule has 0 radical (unpaired) electrons. The van der Waals surface area contributed by atoms with E-state index in [1.165, 1.54) is 0 Å². The zero-order valence-corrected chi connectivity index (χ0v) is 11.0. The summed E-state index contributed by atoms with van der Waals surface area (Å²) >= 11 is 5.16. The van der Waals surface area contributed by atoms with E-state index in [1.54, 1.807) is 23.4 Å². The maximum absolute atomic E-state index is 12.1. The SMILES string of the molecule is CCCCN1C(=O)/C(=C\c2cccnc2)NC1=S. The zero-order chi connectivity index (χ0) is 13.0. The summed E-state index contributed by atoms with van der Waals surface area (Å²) in [7, 11) is 0. The lowest BCUT2D eigenvalue weighted by Crippen LogP contribution is -2.31. The number of amides is 1. The molecule has 2 heterocycles. The molecule has 0 aromatic carbocycles. The number of rotatable bonds is 4. The molecule has 0 unspecified atom stereocenters. The summed E-state index contributed by atoms with van der Waals surface area (Å²) in [4.78, 5) is 17.7. The first kappa shape index (κ1) is 12.7. The first-order valence-electron chi connectivity index (χ1n) is 5.97. The number of hydrogen-bond donors (Lipinski definition) is 1. The second-order valence-corrected chi connectivity index (χ2v) is 4.47. The van der Waals surface area contributed by atoms with Crippen molar-refractivity contribution in [2.24, 2.45) is 0 Å². The Bertz CT molecular complexity index is 484. The number of nitrogens with zero attached hydrogens (tertiary/aromatic N) is 2. The minimum atomic E-state index is -0.0581. The first-order chi connectivity index (χ1) is 8.72. The van der Waals surface area contributed by atoms with Gasteiger partial charge in [0.25, 0.3) is 5.91 Å². The predicted molar refractivity (Wildman–Crippen MR) is 74.6 cm³/mol. The molecule has 1 saturated heterocycles. The molecule has 1 aromatic rings. The van der Waals surface area contributed by atoms with Crippen molar-refractivity contribution in [3.8, 4) is 0 Å². The summed E-state index contributed by atoms with van der Waals surface area (Å²) in [6.45, 7) is 2.76. The van der Waals surface area contributed by atoms with Crippen LogP contribution >= 0.6 is 12.2 Å². The topological polar surface area (TPSA) is 45.2 Å². The van der Waals surface area contributed by atoms with Crippen LogP contribution in [0.25, 0.3) is 6.08 Å². The molecule has 0 bridgehead atoms. The fraction of sp³-hybridized carbons (Fsp3) is 0.308. The highest BCUT2D eigenvalue weighted by Crippen LogP contribution is 2.14. The molecule has 1 fully saturated rings. The third-order valence-electron chi connectivity index (χ3n) is 2.69. The summed E-state index contributed by atoms with van der Waals surface area (Å²) in [6, 6.07) is 3.73. The molecule has 18 heavy (non-hydrogen) atoms. The summed E-state index contributed by atoms with van der Waals surface area (Å²) in [5, 5.41) is 3.44. The Labute approximate surface area is 112 Å². The van der Waals surface area contributed by atoms with Gasteiger partial charge in [0.2, 0.25) is 0 Å². The Morgan fingerprint density at radius 3 is 3.06 bits per heavy atom. The lowest BCUT2D eigenvalue weighted by molar-refractivity contribution is -0.122. The molecule has 2 rings (SSSR count). The van der Waals surface area contributed by atoms with Crippen LogP contribution in [-0.2, 0) is 4.79 Å². The number of nitrogens with one attached hydrogen (secondary N) is 1.